The van der Waals surface area contributed by atoms with Gasteiger partial charge in [0.25, 0.3) is 0 Å². The van der Waals surface area contributed by atoms with Gasteiger partial charge in [0.1, 0.15) is 0 Å². The minimum atomic E-state index is -0.0199. The second-order valence-corrected chi connectivity index (χ2v) is 9.84. The van der Waals surface area contributed by atoms with E-state index in [1.165, 1.54) is 39.8 Å². The molecule has 1 aliphatic carbocycles. The molecule has 0 saturated heterocycles. The average Bonchev–Trinajstić information content (AvgIpc) is 3.18. The van der Waals surface area contributed by atoms with Crippen LogP contribution in [0.3, 0.4) is 0 Å². The van der Waals surface area contributed by atoms with Gasteiger partial charge in [-0.1, -0.05) is 139 Å². The van der Waals surface area contributed by atoms with E-state index in [-0.39, 0.29) is 5.41 Å². The molecule has 1 nitrogen and oxygen atoms in total. The van der Waals surface area contributed by atoms with Gasteiger partial charge in [0, 0.05) is 22.4 Å². The van der Waals surface area contributed by atoms with Crippen molar-refractivity contribution < 1.29 is 0 Å². The Bertz CT molecular complexity index is 1390. The predicted molar refractivity (Wildman–Crippen MR) is 170 cm³/mol. The summed E-state index contributed by atoms with van der Waals surface area (Å²) in [6, 6.07) is 32.7. The Kier molecular flexibility index (Phi) is 9.91. The van der Waals surface area contributed by atoms with Gasteiger partial charge in [-0.15, -0.1) is 0 Å². The number of nitrogens with one attached hydrogen (secondary N) is 1. The molecule has 0 spiro atoms. The fraction of sp³-hybridized carbons (Fsp3) is 0.243. The van der Waals surface area contributed by atoms with Crippen LogP contribution in [-0.2, 0) is 5.41 Å². The average molecular weight is 502 g/mol. The summed E-state index contributed by atoms with van der Waals surface area (Å²) in [5.41, 5.74) is 12.3. The fourth-order valence-electron chi connectivity index (χ4n) is 5.03. The zero-order valence-corrected chi connectivity index (χ0v) is 24.2. The van der Waals surface area contributed by atoms with E-state index in [0.717, 1.165) is 22.5 Å². The molecular weight excluding hydrogens is 458 g/mol. The molecular formula is C37H43N. The first-order chi connectivity index (χ1) is 18.4. The molecule has 196 valence electrons. The van der Waals surface area contributed by atoms with Crippen LogP contribution in [0.25, 0.3) is 27.8 Å². The lowest BCUT2D eigenvalue weighted by Gasteiger charge is -2.22. The minimum absolute atomic E-state index is 0.0199. The fourth-order valence-corrected chi connectivity index (χ4v) is 5.03. The second kappa shape index (κ2) is 13.1. The maximum absolute atomic E-state index is 4.03. The summed E-state index contributed by atoms with van der Waals surface area (Å²) in [6.07, 6.45) is 5.28. The normalized spacial score (nSPS) is 12.7. The first-order valence-electron chi connectivity index (χ1n) is 13.9. The van der Waals surface area contributed by atoms with E-state index < -0.39 is 0 Å². The van der Waals surface area contributed by atoms with Crippen LogP contribution in [0.4, 0.5) is 11.4 Å². The zero-order valence-electron chi connectivity index (χ0n) is 24.2. The van der Waals surface area contributed by atoms with Crippen molar-refractivity contribution in [1.29, 1.82) is 0 Å². The van der Waals surface area contributed by atoms with Gasteiger partial charge < -0.3 is 5.32 Å². The third-order valence-electron chi connectivity index (χ3n) is 6.83. The highest BCUT2D eigenvalue weighted by Gasteiger charge is 2.35. The first-order valence-corrected chi connectivity index (χ1v) is 13.9. The summed E-state index contributed by atoms with van der Waals surface area (Å²) >= 11 is 0. The second-order valence-electron chi connectivity index (χ2n) is 9.84. The highest BCUT2D eigenvalue weighted by atomic mass is 14.9. The lowest BCUT2D eigenvalue weighted by atomic mass is 9.82. The number of hydrogen-bond acceptors (Lipinski definition) is 1. The topological polar surface area (TPSA) is 12.0 Å². The van der Waals surface area contributed by atoms with Crippen molar-refractivity contribution in [3.05, 3.63) is 126 Å². The van der Waals surface area contributed by atoms with Crippen molar-refractivity contribution in [2.24, 2.45) is 0 Å². The summed E-state index contributed by atoms with van der Waals surface area (Å²) < 4.78 is 0. The van der Waals surface area contributed by atoms with Gasteiger partial charge in [-0.05, 0) is 64.1 Å². The molecule has 0 aliphatic heterocycles. The van der Waals surface area contributed by atoms with Gasteiger partial charge in [0.15, 0.2) is 0 Å². The molecule has 0 radical (unpaired) electrons. The summed E-state index contributed by atoms with van der Waals surface area (Å²) in [5.74, 6) is 0. The van der Waals surface area contributed by atoms with Crippen LogP contribution < -0.4 is 5.32 Å². The molecule has 0 amide bonds. The van der Waals surface area contributed by atoms with Crippen LogP contribution in [0.5, 0.6) is 0 Å². The lowest BCUT2D eigenvalue weighted by Crippen LogP contribution is -2.15. The molecule has 0 bridgehead atoms. The SMILES string of the molecule is C=C/C(=C\C)c1ccc(-c2ccccc2)cc1Nc1ccc2c(c1)C(C)(C)c1ccccc1-2.CC.CCC. The molecule has 38 heavy (non-hydrogen) atoms. The van der Waals surface area contributed by atoms with Crippen molar-refractivity contribution in [2.75, 3.05) is 5.32 Å². The van der Waals surface area contributed by atoms with E-state index in [1.807, 2.05) is 19.9 Å². The maximum atomic E-state index is 4.03. The molecule has 0 unspecified atom stereocenters. The van der Waals surface area contributed by atoms with Gasteiger partial charge >= 0.3 is 0 Å². The van der Waals surface area contributed by atoms with Crippen LogP contribution in [0.15, 0.2) is 110 Å². The van der Waals surface area contributed by atoms with Crippen LogP contribution in [-0.4, -0.2) is 0 Å². The Balaban J connectivity index is 0.000000748. The smallest absolute Gasteiger partial charge is 0.0470 e. The largest absolute Gasteiger partial charge is 0.355 e. The van der Waals surface area contributed by atoms with Gasteiger partial charge in [0.05, 0.1) is 0 Å². The van der Waals surface area contributed by atoms with E-state index in [1.54, 1.807) is 0 Å². The third-order valence-corrected chi connectivity index (χ3v) is 6.83. The van der Waals surface area contributed by atoms with Crippen molar-refractivity contribution in [3.8, 4) is 22.3 Å². The molecule has 0 saturated carbocycles. The Morgan fingerprint density at radius 2 is 1.39 bits per heavy atom. The first kappa shape index (κ1) is 28.7. The number of allylic oxidation sites excluding steroid dienone is 3. The quantitative estimate of drug-likeness (QED) is 0.268. The number of fused-ring (bicyclic) bond motifs is 3. The molecule has 0 heterocycles. The molecule has 0 fully saturated rings. The molecule has 1 aliphatic rings. The monoisotopic (exact) mass is 501 g/mol. The lowest BCUT2D eigenvalue weighted by molar-refractivity contribution is 0.660. The Morgan fingerprint density at radius 3 is 2.05 bits per heavy atom. The molecule has 0 aromatic heterocycles. The number of rotatable bonds is 5. The minimum Gasteiger partial charge on any atom is -0.355 e. The predicted octanol–water partition coefficient (Wildman–Crippen LogP) is 11.4. The Labute approximate surface area is 231 Å². The maximum Gasteiger partial charge on any atom is 0.0470 e. The standard InChI is InChI=1S/C32H29N.C3H8.C2H6/c1-5-22(6-2)26-18-16-24(23-12-8-7-9-13-23)20-31(26)33-25-17-19-28-27-14-10-11-15-29(27)32(3,4)30(28)21-25;1-3-2;1-2/h5-21,33H,1H2,2-4H3;3H2,1-2H3;1-2H3/b22-6+;;. The summed E-state index contributed by atoms with van der Waals surface area (Å²) in [4.78, 5) is 0. The molecule has 4 aromatic carbocycles. The van der Waals surface area contributed by atoms with Gasteiger partial charge in [-0.2, -0.15) is 0 Å². The van der Waals surface area contributed by atoms with Crippen LogP contribution >= 0.6 is 0 Å². The molecule has 1 heteroatoms. The Morgan fingerprint density at radius 1 is 0.763 bits per heavy atom. The number of anilines is 2. The van der Waals surface area contributed by atoms with Crippen molar-refractivity contribution in [1.82, 2.24) is 0 Å². The zero-order chi connectivity index (χ0) is 27.7. The molecule has 0 atom stereocenters. The van der Waals surface area contributed by atoms with Gasteiger partial charge in [0.2, 0.25) is 0 Å². The number of hydrogen-bond donors (Lipinski definition) is 1. The molecule has 1 N–H and O–H groups in total. The van der Waals surface area contributed by atoms with Gasteiger partial charge in [-0.3, -0.25) is 0 Å². The van der Waals surface area contributed by atoms with Crippen molar-refractivity contribution in [3.63, 3.8) is 0 Å². The highest BCUT2D eigenvalue weighted by Crippen LogP contribution is 2.49. The summed E-state index contributed by atoms with van der Waals surface area (Å²) in [5, 5.41) is 3.74. The highest BCUT2D eigenvalue weighted by molar-refractivity contribution is 5.88. The van der Waals surface area contributed by atoms with Crippen LogP contribution in [0, 0.1) is 0 Å². The molecule has 4 aromatic rings. The van der Waals surface area contributed by atoms with E-state index in [9.17, 15) is 0 Å². The Hall–Kier alpha value is -3.84. The van der Waals surface area contributed by atoms with Gasteiger partial charge in [-0.25, -0.2) is 0 Å². The number of benzene rings is 4. The van der Waals surface area contributed by atoms with Crippen molar-refractivity contribution >= 4 is 16.9 Å². The van der Waals surface area contributed by atoms with E-state index >= 15 is 0 Å². The summed E-state index contributed by atoms with van der Waals surface area (Å²) in [7, 11) is 0. The van der Waals surface area contributed by atoms with E-state index in [0.29, 0.717) is 0 Å². The van der Waals surface area contributed by atoms with Crippen molar-refractivity contribution in [2.45, 2.75) is 60.3 Å². The van der Waals surface area contributed by atoms with E-state index in [4.69, 9.17) is 0 Å². The summed E-state index contributed by atoms with van der Waals surface area (Å²) in [6.45, 7) is 19.0. The third kappa shape index (κ3) is 5.83. The van der Waals surface area contributed by atoms with E-state index in [2.05, 4.69) is 144 Å². The van der Waals surface area contributed by atoms with Crippen LogP contribution in [0.1, 0.15) is 71.6 Å². The molecule has 5 rings (SSSR count). The van der Waals surface area contributed by atoms with Crippen LogP contribution in [0.2, 0.25) is 0 Å².